The summed E-state index contributed by atoms with van der Waals surface area (Å²) in [6.45, 7) is 10.3. The van der Waals surface area contributed by atoms with Crippen molar-refractivity contribution >= 4 is 0 Å². The van der Waals surface area contributed by atoms with E-state index in [4.69, 9.17) is 4.11 Å². The van der Waals surface area contributed by atoms with Crippen molar-refractivity contribution in [2.45, 2.75) is 97.7 Å². The number of aliphatic hydroxyl groups is 2. The molecule has 3 aliphatic carbocycles. The normalized spacial score (nSPS) is 39.3. The van der Waals surface area contributed by atoms with E-state index in [0.29, 0.717) is 54.2 Å². The molecule has 2 heteroatoms. The lowest BCUT2D eigenvalue weighted by Gasteiger charge is -2.44. The molecule has 3 aliphatic rings. The smallest absolute Gasteiger partial charge is 0.0651 e. The SMILES string of the molecule is [2H]C([2H])=C1CC[C@H](O)C/C1=C([2H])\C=C1/CCC[C@@]2(C)C1CC[C@@H]2[C@H](C)/C=C/[C@H](C)C(C)(C)O. The van der Waals surface area contributed by atoms with E-state index in [1.165, 1.54) is 18.4 Å². The van der Waals surface area contributed by atoms with Crippen LogP contribution in [0.2, 0.25) is 0 Å². The fraction of sp³-hybridized carbons (Fsp3) is 0.714. The average molecular weight is 416 g/mol. The van der Waals surface area contributed by atoms with E-state index in [-0.39, 0.29) is 17.9 Å². The summed E-state index contributed by atoms with van der Waals surface area (Å²) in [5.74, 6) is 1.59. The molecule has 0 aromatic rings. The van der Waals surface area contributed by atoms with Crippen molar-refractivity contribution in [2.24, 2.45) is 29.1 Å². The predicted octanol–water partition coefficient (Wildman–Crippen LogP) is 6.76. The van der Waals surface area contributed by atoms with Gasteiger partial charge in [-0.15, -0.1) is 0 Å². The van der Waals surface area contributed by atoms with Gasteiger partial charge in [0.2, 0.25) is 0 Å². The van der Waals surface area contributed by atoms with E-state index in [0.717, 1.165) is 19.3 Å². The third kappa shape index (κ3) is 5.02. The van der Waals surface area contributed by atoms with Gasteiger partial charge in [-0.2, -0.15) is 0 Å². The van der Waals surface area contributed by atoms with E-state index in [1.54, 1.807) is 0 Å². The van der Waals surface area contributed by atoms with Crippen LogP contribution in [-0.2, 0) is 0 Å². The highest BCUT2D eigenvalue weighted by Gasteiger charge is 2.50. The molecule has 3 rings (SSSR count). The first-order valence-corrected chi connectivity index (χ1v) is 12.0. The first-order chi connectivity index (χ1) is 15.3. The van der Waals surface area contributed by atoms with Gasteiger partial charge in [-0.25, -0.2) is 0 Å². The van der Waals surface area contributed by atoms with E-state index < -0.39 is 11.7 Å². The Morgan fingerprint density at radius 1 is 1.23 bits per heavy atom. The van der Waals surface area contributed by atoms with E-state index in [2.05, 4.69) is 32.9 Å². The molecule has 0 aromatic heterocycles. The summed E-state index contributed by atoms with van der Waals surface area (Å²) in [5, 5.41) is 20.4. The van der Waals surface area contributed by atoms with Crippen LogP contribution in [0.5, 0.6) is 0 Å². The van der Waals surface area contributed by atoms with Crippen LogP contribution in [0.3, 0.4) is 0 Å². The topological polar surface area (TPSA) is 40.5 Å². The zero-order valence-electron chi connectivity index (χ0n) is 22.7. The molecular weight excluding hydrogens is 368 g/mol. The van der Waals surface area contributed by atoms with Crippen LogP contribution in [0.1, 0.15) is 90.1 Å². The lowest BCUT2D eigenvalue weighted by molar-refractivity contribution is 0.0436. The van der Waals surface area contributed by atoms with E-state index in [1.807, 2.05) is 19.9 Å². The molecule has 3 saturated carbocycles. The third-order valence-electron chi connectivity index (χ3n) is 8.45. The first-order valence-electron chi connectivity index (χ1n) is 13.5. The van der Waals surface area contributed by atoms with Gasteiger partial charge in [-0.05, 0) is 94.0 Å². The minimum Gasteiger partial charge on any atom is -0.393 e. The highest BCUT2D eigenvalue weighted by molar-refractivity contribution is 5.36. The fourth-order valence-electron chi connectivity index (χ4n) is 6.08. The summed E-state index contributed by atoms with van der Waals surface area (Å²) < 4.78 is 24.4. The molecule has 2 N–H and O–H groups in total. The summed E-state index contributed by atoms with van der Waals surface area (Å²) in [4.78, 5) is 0. The summed E-state index contributed by atoms with van der Waals surface area (Å²) >= 11 is 0. The van der Waals surface area contributed by atoms with Gasteiger partial charge in [0.1, 0.15) is 0 Å². The first kappa shape index (κ1) is 19.6. The molecule has 0 bridgehead atoms. The molecule has 6 atom stereocenters. The molecule has 3 fully saturated rings. The largest absolute Gasteiger partial charge is 0.393 e. The molecule has 0 radical (unpaired) electrons. The van der Waals surface area contributed by atoms with Crippen LogP contribution < -0.4 is 0 Å². The summed E-state index contributed by atoms with van der Waals surface area (Å²) in [5.41, 5.74) is 2.16. The molecule has 168 valence electrons. The minimum absolute atomic E-state index is 0.108. The zero-order chi connectivity index (χ0) is 24.6. The maximum atomic E-state index is 10.3. The van der Waals surface area contributed by atoms with Crippen molar-refractivity contribution in [3.05, 3.63) is 47.5 Å². The van der Waals surface area contributed by atoms with Crippen LogP contribution in [0, 0.1) is 29.1 Å². The Balaban J connectivity index is 1.85. The lowest BCUT2D eigenvalue weighted by atomic mass is 9.61. The van der Waals surface area contributed by atoms with Gasteiger partial charge in [-0.1, -0.05) is 62.7 Å². The van der Waals surface area contributed by atoms with Gasteiger partial charge in [0, 0.05) is 5.92 Å². The zero-order valence-corrected chi connectivity index (χ0v) is 19.7. The Hall–Kier alpha value is -1.12. The van der Waals surface area contributed by atoms with E-state index in [9.17, 15) is 10.2 Å². The lowest BCUT2D eigenvalue weighted by Crippen LogP contribution is -2.35. The van der Waals surface area contributed by atoms with Crippen LogP contribution >= 0.6 is 0 Å². The fourth-order valence-corrected chi connectivity index (χ4v) is 6.08. The highest BCUT2D eigenvalue weighted by Crippen LogP contribution is 2.59. The average Bonchev–Trinajstić information content (AvgIpc) is 3.08. The second kappa shape index (κ2) is 9.17. The number of fused-ring (bicyclic) bond motifs is 1. The van der Waals surface area contributed by atoms with Gasteiger partial charge in [0.05, 0.1) is 15.8 Å². The molecule has 30 heavy (non-hydrogen) atoms. The Bertz CT molecular complexity index is 844. The van der Waals surface area contributed by atoms with Crippen LogP contribution in [-0.4, -0.2) is 21.9 Å². The van der Waals surface area contributed by atoms with Crippen LogP contribution in [0.15, 0.2) is 47.5 Å². The van der Waals surface area contributed by atoms with Gasteiger partial charge in [0.25, 0.3) is 0 Å². The minimum atomic E-state index is -0.713. The second-order valence-electron chi connectivity index (χ2n) is 11.0. The van der Waals surface area contributed by atoms with Gasteiger partial charge in [0.15, 0.2) is 0 Å². The van der Waals surface area contributed by atoms with Crippen LogP contribution in [0.4, 0.5) is 0 Å². The van der Waals surface area contributed by atoms with Crippen molar-refractivity contribution in [3.8, 4) is 0 Å². The van der Waals surface area contributed by atoms with Gasteiger partial charge in [-0.3, -0.25) is 0 Å². The van der Waals surface area contributed by atoms with Crippen molar-refractivity contribution < 1.29 is 14.3 Å². The van der Waals surface area contributed by atoms with E-state index >= 15 is 0 Å². The molecule has 0 saturated heterocycles. The van der Waals surface area contributed by atoms with Crippen molar-refractivity contribution in [1.29, 1.82) is 0 Å². The van der Waals surface area contributed by atoms with Crippen molar-refractivity contribution in [2.75, 3.05) is 0 Å². The molecule has 0 aromatic carbocycles. The standard InChI is InChI=1S/C28H44O2/c1-19-10-14-24(29)18-23(19)13-12-22-8-7-17-28(6)25(15-16-26(22)28)20(2)9-11-21(3)27(4,5)30/h9,11-13,20-21,24-26,29-30H,1,7-8,10,14-18H2,2-6H3/b11-9+,22-12+,23-13+/t20-,21+,24+,25-,26?,28-/m1/s1/i1D2,13D. The predicted molar refractivity (Wildman–Crippen MR) is 127 cm³/mol. The Labute approximate surface area is 189 Å². The monoisotopic (exact) mass is 415 g/mol. The summed E-state index contributed by atoms with van der Waals surface area (Å²) in [6.07, 6.45) is 13.2. The quantitative estimate of drug-likeness (QED) is 0.487. The highest BCUT2D eigenvalue weighted by atomic mass is 16.3. The third-order valence-corrected chi connectivity index (χ3v) is 8.45. The van der Waals surface area contributed by atoms with Gasteiger partial charge >= 0.3 is 0 Å². The molecule has 1 unspecified atom stereocenters. The molecule has 0 spiro atoms. The Kier molecular flexibility index (Phi) is 5.98. The molecule has 0 aliphatic heterocycles. The second-order valence-corrected chi connectivity index (χ2v) is 11.0. The Morgan fingerprint density at radius 2 is 2.00 bits per heavy atom. The number of hydrogen-bond donors (Lipinski definition) is 2. The number of hydrogen-bond acceptors (Lipinski definition) is 2. The maximum absolute atomic E-state index is 10.3. The molecule has 0 amide bonds. The summed E-state index contributed by atoms with van der Waals surface area (Å²) in [6, 6.07) is 0.399. The molecule has 0 heterocycles. The van der Waals surface area contributed by atoms with Crippen LogP contribution in [0.25, 0.3) is 0 Å². The number of allylic oxidation sites excluding steroid dienone is 5. The van der Waals surface area contributed by atoms with Gasteiger partial charge < -0.3 is 10.2 Å². The number of aliphatic hydroxyl groups excluding tert-OH is 1. The van der Waals surface area contributed by atoms with Crippen molar-refractivity contribution in [3.63, 3.8) is 0 Å². The molecule has 2 nitrogen and oxygen atoms in total. The molecular formula is C28H44O2. The number of rotatable bonds is 5. The Morgan fingerprint density at radius 3 is 2.70 bits per heavy atom. The van der Waals surface area contributed by atoms with Crippen molar-refractivity contribution in [1.82, 2.24) is 0 Å². The maximum Gasteiger partial charge on any atom is 0.0651 e. The summed E-state index contributed by atoms with van der Waals surface area (Å²) in [7, 11) is 0.